The monoisotopic (exact) mass is 554 g/mol. The van der Waals surface area contributed by atoms with Crippen LogP contribution in [0, 0.1) is 5.92 Å². The summed E-state index contributed by atoms with van der Waals surface area (Å²) in [6.07, 6.45) is 0.813. The maximum atomic E-state index is 12.1. The van der Waals surface area contributed by atoms with Crippen LogP contribution in [0.15, 0.2) is 47.5 Å². The minimum absolute atomic E-state index is 0. The number of ether oxygens (including phenoxy) is 2. The summed E-state index contributed by atoms with van der Waals surface area (Å²) < 4.78 is 10.7. The van der Waals surface area contributed by atoms with Crippen molar-refractivity contribution in [2.45, 2.75) is 40.3 Å². The van der Waals surface area contributed by atoms with Gasteiger partial charge in [-0.15, -0.1) is 24.0 Å². The third kappa shape index (κ3) is 8.57. The SMILES string of the molecule is CCNC(=NCc1cccc(NC(=O)C(C)CC)c1)NCc1ccc(OC)c(OC)c1.I. The maximum Gasteiger partial charge on any atom is 0.227 e. The van der Waals surface area contributed by atoms with Crippen LogP contribution in [-0.2, 0) is 17.9 Å². The molecule has 1 amide bonds. The van der Waals surface area contributed by atoms with Crippen LogP contribution in [0.4, 0.5) is 5.69 Å². The molecule has 0 saturated heterocycles. The average Bonchev–Trinajstić information content (AvgIpc) is 2.80. The molecule has 0 aliphatic heterocycles. The number of halogens is 1. The largest absolute Gasteiger partial charge is 0.493 e. The highest BCUT2D eigenvalue weighted by molar-refractivity contribution is 14.0. The molecule has 3 N–H and O–H groups in total. The molecule has 8 heteroatoms. The van der Waals surface area contributed by atoms with Crippen molar-refractivity contribution in [1.29, 1.82) is 0 Å². The molecule has 1 unspecified atom stereocenters. The lowest BCUT2D eigenvalue weighted by molar-refractivity contribution is -0.119. The lowest BCUT2D eigenvalue weighted by Gasteiger charge is -2.14. The van der Waals surface area contributed by atoms with Crippen molar-refractivity contribution in [3.05, 3.63) is 53.6 Å². The molecule has 0 fully saturated rings. The standard InChI is InChI=1S/C24H34N4O3.HI/c1-6-17(3)23(29)28-20-10-8-9-18(13-20)15-26-24(25-7-2)27-16-19-11-12-21(30-4)22(14-19)31-5;/h8-14,17H,6-7,15-16H2,1-5H3,(H,28,29)(H2,25,26,27);1H. The Morgan fingerprint density at radius 1 is 1.00 bits per heavy atom. The van der Waals surface area contributed by atoms with Gasteiger partial charge in [-0.1, -0.05) is 32.0 Å². The van der Waals surface area contributed by atoms with Crippen molar-refractivity contribution in [3.63, 3.8) is 0 Å². The number of carbonyl (C=O) groups excluding carboxylic acids is 1. The van der Waals surface area contributed by atoms with Gasteiger partial charge in [0.05, 0.1) is 20.8 Å². The molecule has 2 aromatic rings. The number of hydrogen-bond acceptors (Lipinski definition) is 4. The fraction of sp³-hybridized carbons (Fsp3) is 0.417. The summed E-state index contributed by atoms with van der Waals surface area (Å²) in [5, 5.41) is 9.57. The van der Waals surface area contributed by atoms with Crippen LogP contribution in [0.1, 0.15) is 38.3 Å². The first-order valence-electron chi connectivity index (χ1n) is 10.6. The van der Waals surface area contributed by atoms with E-state index in [1.807, 2.05) is 63.2 Å². The van der Waals surface area contributed by atoms with Gasteiger partial charge >= 0.3 is 0 Å². The number of nitrogens with zero attached hydrogens (tertiary/aromatic N) is 1. The highest BCUT2D eigenvalue weighted by Crippen LogP contribution is 2.27. The third-order valence-corrected chi connectivity index (χ3v) is 4.93. The second-order valence-corrected chi connectivity index (χ2v) is 7.24. The number of nitrogens with one attached hydrogen (secondary N) is 3. The number of hydrogen-bond donors (Lipinski definition) is 3. The minimum Gasteiger partial charge on any atom is -0.493 e. The first-order chi connectivity index (χ1) is 15.0. The summed E-state index contributed by atoms with van der Waals surface area (Å²) in [6, 6.07) is 13.6. The first-order valence-corrected chi connectivity index (χ1v) is 10.6. The maximum absolute atomic E-state index is 12.1. The molecular formula is C24H35IN4O3. The number of methoxy groups -OCH3 is 2. The van der Waals surface area contributed by atoms with E-state index in [1.165, 1.54) is 0 Å². The van der Waals surface area contributed by atoms with Gasteiger partial charge in [0.1, 0.15) is 0 Å². The van der Waals surface area contributed by atoms with E-state index < -0.39 is 0 Å². The van der Waals surface area contributed by atoms with Crippen LogP contribution in [0.2, 0.25) is 0 Å². The van der Waals surface area contributed by atoms with Gasteiger partial charge in [0.2, 0.25) is 5.91 Å². The van der Waals surface area contributed by atoms with Crippen LogP contribution in [0.25, 0.3) is 0 Å². The van der Waals surface area contributed by atoms with Crippen molar-refractivity contribution in [1.82, 2.24) is 10.6 Å². The lowest BCUT2D eigenvalue weighted by atomic mass is 10.1. The number of amides is 1. The van der Waals surface area contributed by atoms with E-state index in [2.05, 4.69) is 20.9 Å². The Morgan fingerprint density at radius 2 is 1.75 bits per heavy atom. The van der Waals surface area contributed by atoms with Crippen LogP contribution in [0.5, 0.6) is 11.5 Å². The number of rotatable bonds is 10. The molecule has 0 saturated carbocycles. The molecule has 0 bridgehead atoms. The van der Waals surface area contributed by atoms with Crippen molar-refractivity contribution in [3.8, 4) is 11.5 Å². The Labute approximate surface area is 208 Å². The molecule has 1 atom stereocenters. The van der Waals surface area contributed by atoms with Gasteiger partial charge in [-0.25, -0.2) is 4.99 Å². The van der Waals surface area contributed by atoms with E-state index in [0.717, 1.165) is 29.8 Å². The van der Waals surface area contributed by atoms with Crippen molar-refractivity contribution in [2.24, 2.45) is 10.9 Å². The molecule has 7 nitrogen and oxygen atoms in total. The molecule has 32 heavy (non-hydrogen) atoms. The Kier molecular flexibility index (Phi) is 12.5. The van der Waals surface area contributed by atoms with Crippen molar-refractivity contribution < 1.29 is 14.3 Å². The minimum atomic E-state index is -0.0113. The summed E-state index contributed by atoms with van der Waals surface area (Å²) in [4.78, 5) is 16.8. The van der Waals surface area contributed by atoms with E-state index in [0.29, 0.717) is 30.5 Å². The van der Waals surface area contributed by atoms with E-state index in [9.17, 15) is 4.79 Å². The van der Waals surface area contributed by atoms with E-state index in [4.69, 9.17) is 9.47 Å². The molecule has 0 aromatic heterocycles. The molecule has 0 aliphatic carbocycles. The molecule has 0 aliphatic rings. The summed E-state index contributed by atoms with van der Waals surface area (Å²) in [7, 11) is 3.25. The summed E-state index contributed by atoms with van der Waals surface area (Å²) >= 11 is 0. The Bertz CT molecular complexity index is 889. The third-order valence-electron chi connectivity index (χ3n) is 4.93. The lowest BCUT2D eigenvalue weighted by Crippen LogP contribution is -2.36. The van der Waals surface area contributed by atoms with Gasteiger partial charge in [0.25, 0.3) is 0 Å². The quantitative estimate of drug-likeness (QED) is 0.228. The summed E-state index contributed by atoms with van der Waals surface area (Å²) in [6.45, 7) is 7.80. The van der Waals surface area contributed by atoms with Crippen LogP contribution < -0.4 is 25.4 Å². The van der Waals surface area contributed by atoms with Crippen LogP contribution >= 0.6 is 24.0 Å². The smallest absolute Gasteiger partial charge is 0.227 e. The zero-order chi connectivity index (χ0) is 22.6. The number of anilines is 1. The number of aliphatic imine (C=N–C) groups is 1. The number of benzene rings is 2. The average molecular weight is 554 g/mol. The molecule has 2 aromatic carbocycles. The summed E-state index contributed by atoms with van der Waals surface area (Å²) in [5.41, 5.74) is 2.87. The van der Waals surface area contributed by atoms with Crippen molar-refractivity contribution >= 4 is 41.5 Å². The van der Waals surface area contributed by atoms with Gasteiger partial charge in [-0.3, -0.25) is 4.79 Å². The zero-order valence-electron chi connectivity index (χ0n) is 19.5. The Hall–Kier alpha value is -2.49. The fourth-order valence-corrected chi connectivity index (χ4v) is 2.89. The molecule has 176 valence electrons. The second-order valence-electron chi connectivity index (χ2n) is 7.24. The predicted molar refractivity (Wildman–Crippen MR) is 141 cm³/mol. The highest BCUT2D eigenvalue weighted by Gasteiger charge is 2.10. The highest BCUT2D eigenvalue weighted by atomic mass is 127. The van der Waals surface area contributed by atoms with Crippen LogP contribution in [-0.4, -0.2) is 32.6 Å². The fourth-order valence-electron chi connectivity index (χ4n) is 2.89. The van der Waals surface area contributed by atoms with E-state index >= 15 is 0 Å². The summed E-state index contributed by atoms with van der Waals surface area (Å²) in [5.74, 6) is 2.13. The molecular weight excluding hydrogens is 519 g/mol. The second kappa shape index (κ2) is 14.5. The topological polar surface area (TPSA) is 84.0 Å². The normalized spacial score (nSPS) is 11.7. The molecule has 0 spiro atoms. The number of guanidine groups is 1. The van der Waals surface area contributed by atoms with Gasteiger partial charge in [0, 0.05) is 24.7 Å². The van der Waals surface area contributed by atoms with Gasteiger partial charge in [-0.2, -0.15) is 0 Å². The Morgan fingerprint density at radius 3 is 2.41 bits per heavy atom. The van der Waals surface area contributed by atoms with E-state index in [1.54, 1.807) is 14.2 Å². The van der Waals surface area contributed by atoms with E-state index in [-0.39, 0.29) is 35.8 Å². The molecule has 0 heterocycles. The Balaban J connectivity index is 0.00000512. The van der Waals surface area contributed by atoms with Crippen molar-refractivity contribution in [2.75, 3.05) is 26.1 Å². The first kappa shape index (κ1) is 27.5. The molecule has 2 rings (SSSR count). The molecule has 0 radical (unpaired) electrons. The predicted octanol–water partition coefficient (Wildman–Crippen LogP) is 4.56. The van der Waals surface area contributed by atoms with Gasteiger partial charge in [-0.05, 0) is 48.7 Å². The zero-order valence-corrected chi connectivity index (χ0v) is 21.9. The van der Waals surface area contributed by atoms with Gasteiger partial charge < -0.3 is 25.4 Å². The van der Waals surface area contributed by atoms with Crippen LogP contribution in [0.3, 0.4) is 0 Å². The number of carbonyl (C=O) groups is 1. The van der Waals surface area contributed by atoms with Gasteiger partial charge in [0.15, 0.2) is 17.5 Å².